The van der Waals surface area contributed by atoms with E-state index in [-0.39, 0.29) is 37.0 Å². The summed E-state index contributed by atoms with van der Waals surface area (Å²) in [6, 6.07) is 22.7. The van der Waals surface area contributed by atoms with Crippen LogP contribution in [-0.2, 0) is 24.3 Å². The van der Waals surface area contributed by atoms with E-state index >= 15 is 0 Å². The number of hydrogen-bond donors (Lipinski definition) is 0. The van der Waals surface area contributed by atoms with E-state index in [4.69, 9.17) is 9.47 Å². The molecule has 3 aromatic carbocycles. The third kappa shape index (κ3) is 4.52. The molecule has 0 spiro atoms. The molecule has 0 N–H and O–H groups in total. The summed E-state index contributed by atoms with van der Waals surface area (Å²) in [6.07, 6.45) is 0. The van der Waals surface area contributed by atoms with Crippen molar-refractivity contribution in [1.82, 2.24) is 9.21 Å². The van der Waals surface area contributed by atoms with Crippen LogP contribution < -0.4 is 4.74 Å². The minimum absolute atomic E-state index is 0.178. The first kappa shape index (κ1) is 23.1. The Morgan fingerprint density at radius 2 is 1.34 bits per heavy atom. The van der Waals surface area contributed by atoms with Gasteiger partial charge in [0.15, 0.2) is 6.61 Å². The Bertz CT molecular complexity index is 1310. The smallest absolute Gasteiger partial charge is 0.318 e. The second-order valence-electron chi connectivity index (χ2n) is 8.32. The molecule has 0 saturated carbocycles. The van der Waals surface area contributed by atoms with Crippen LogP contribution in [0.5, 0.6) is 11.5 Å². The first-order chi connectivity index (χ1) is 16.9. The van der Waals surface area contributed by atoms with Crippen molar-refractivity contribution in [1.29, 1.82) is 0 Å². The van der Waals surface area contributed by atoms with E-state index in [1.165, 1.54) is 9.21 Å². The quantitative estimate of drug-likeness (QED) is 0.509. The van der Waals surface area contributed by atoms with Crippen molar-refractivity contribution < 1.29 is 27.5 Å². The number of piperazine rings is 1. The first-order valence-electron chi connectivity index (χ1n) is 11.3. The number of carbonyl (C=O) groups is 2. The number of amides is 1. The minimum atomic E-state index is -3.61. The molecule has 1 fully saturated rings. The number of esters is 1. The molecule has 180 valence electrons. The standard InChI is InChI=1S/C26H24N2O6S/c29-24(27-14-16-28(17-15-27)35(31,32)19-8-2-1-3-9-19)18-33-26(30)25-20-10-4-6-12-22(20)34-23-13-7-5-11-21(23)25/h1-13,25H,14-18H2. The number of hydrogen-bond acceptors (Lipinski definition) is 6. The molecule has 9 heteroatoms. The minimum Gasteiger partial charge on any atom is -0.457 e. The second kappa shape index (κ2) is 9.52. The topological polar surface area (TPSA) is 93.2 Å². The Morgan fingerprint density at radius 1 is 0.800 bits per heavy atom. The predicted molar refractivity (Wildman–Crippen MR) is 128 cm³/mol. The van der Waals surface area contributed by atoms with E-state index < -0.39 is 28.5 Å². The average Bonchev–Trinajstić information content (AvgIpc) is 2.90. The Hall–Kier alpha value is -3.69. The molecule has 3 aromatic rings. The summed E-state index contributed by atoms with van der Waals surface area (Å²) >= 11 is 0. The average molecular weight is 493 g/mol. The van der Waals surface area contributed by atoms with E-state index in [9.17, 15) is 18.0 Å². The van der Waals surface area contributed by atoms with Gasteiger partial charge in [-0.2, -0.15) is 4.31 Å². The molecule has 35 heavy (non-hydrogen) atoms. The van der Waals surface area contributed by atoms with E-state index in [1.807, 2.05) is 36.4 Å². The van der Waals surface area contributed by atoms with Crippen LogP contribution in [0.2, 0.25) is 0 Å². The zero-order chi connectivity index (χ0) is 24.4. The molecule has 5 rings (SSSR count). The fourth-order valence-electron chi connectivity index (χ4n) is 4.39. The number of carbonyl (C=O) groups excluding carboxylic acids is 2. The Kier molecular flexibility index (Phi) is 6.27. The predicted octanol–water partition coefficient (Wildman–Crippen LogP) is 3.00. The summed E-state index contributed by atoms with van der Waals surface area (Å²) in [5, 5.41) is 0. The summed E-state index contributed by atoms with van der Waals surface area (Å²) in [4.78, 5) is 27.6. The van der Waals surface area contributed by atoms with Crippen LogP contribution in [0.15, 0.2) is 83.8 Å². The van der Waals surface area contributed by atoms with E-state index in [0.717, 1.165) is 0 Å². The second-order valence-corrected chi connectivity index (χ2v) is 10.3. The highest BCUT2D eigenvalue weighted by atomic mass is 32.2. The fourth-order valence-corrected chi connectivity index (χ4v) is 5.83. The maximum absolute atomic E-state index is 13.1. The van der Waals surface area contributed by atoms with Crippen molar-refractivity contribution in [3.63, 3.8) is 0 Å². The number of ether oxygens (including phenoxy) is 2. The molecule has 0 bridgehead atoms. The Balaban J connectivity index is 1.22. The monoisotopic (exact) mass is 492 g/mol. The van der Waals surface area contributed by atoms with Crippen LogP contribution in [0.1, 0.15) is 17.0 Å². The molecule has 0 radical (unpaired) electrons. The molecular formula is C26H24N2O6S. The summed E-state index contributed by atoms with van der Waals surface area (Å²) in [5.74, 6) is -0.433. The van der Waals surface area contributed by atoms with Gasteiger partial charge in [0.25, 0.3) is 5.91 Å². The van der Waals surface area contributed by atoms with Crippen LogP contribution in [0.3, 0.4) is 0 Å². The van der Waals surface area contributed by atoms with Crippen molar-refractivity contribution in [2.24, 2.45) is 0 Å². The number of sulfonamides is 1. The van der Waals surface area contributed by atoms with Gasteiger partial charge in [-0.05, 0) is 24.3 Å². The van der Waals surface area contributed by atoms with Crippen molar-refractivity contribution in [2.45, 2.75) is 10.8 Å². The summed E-state index contributed by atoms with van der Waals surface area (Å²) < 4.78 is 38.3. The van der Waals surface area contributed by atoms with E-state index in [1.54, 1.807) is 42.5 Å². The number of rotatable bonds is 5. The lowest BCUT2D eigenvalue weighted by molar-refractivity contribution is -0.153. The lowest BCUT2D eigenvalue weighted by atomic mass is 9.88. The lowest BCUT2D eigenvalue weighted by Gasteiger charge is -2.34. The molecule has 2 heterocycles. The van der Waals surface area contributed by atoms with Crippen molar-refractivity contribution in [2.75, 3.05) is 32.8 Å². The van der Waals surface area contributed by atoms with Gasteiger partial charge in [-0.3, -0.25) is 9.59 Å². The lowest BCUT2D eigenvalue weighted by Crippen LogP contribution is -2.51. The third-order valence-electron chi connectivity index (χ3n) is 6.23. The highest BCUT2D eigenvalue weighted by Gasteiger charge is 2.35. The normalized spacial score (nSPS) is 16.1. The zero-order valence-electron chi connectivity index (χ0n) is 18.9. The maximum Gasteiger partial charge on any atom is 0.318 e. The van der Waals surface area contributed by atoms with Crippen LogP contribution in [-0.4, -0.2) is 62.3 Å². The molecule has 0 unspecified atom stereocenters. The molecule has 8 nitrogen and oxygen atoms in total. The summed E-state index contributed by atoms with van der Waals surface area (Å²) in [6.45, 7) is 0.401. The van der Waals surface area contributed by atoms with Crippen molar-refractivity contribution in [3.8, 4) is 11.5 Å². The van der Waals surface area contributed by atoms with Crippen LogP contribution >= 0.6 is 0 Å². The molecule has 1 saturated heterocycles. The molecular weight excluding hydrogens is 468 g/mol. The number of nitrogens with zero attached hydrogens (tertiary/aromatic N) is 2. The highest BCUT2D eigenvalue weighted by molar-refractivity contribution is 7.89. The van der Waals surface area contributed by atoms with Gasteiger partial charge in [0.05, 0.1) is 4.90 Å². The van der Waals surface area contributed by atoms with Crippen LogP contribution in [0, 0.1) is 0 Å². The number of fused-ring (bicyclic) bond motifs is 2. The Morgan fingerprint density at radius 3 is 1.94 bits per heavy atom. The van der Waals surface area contributed by atoms with Crippen molar-refractivity contribution >= 4 is 21.9 Å². The number of benzene rings is 3. The molecule has 1 amide bonds. The molecule has 2 aliphatic rings. The van der Waals surface area contributed by atoms with Gasteiger partial charge >= 0.3 is 5.97 Å². The molecule has 0 aliphatic carbocycles. The maximum atomic E-state index is 13.1. The van der Waals surface area contributed by atoms with Gasteiger partial charge in [0.1, 0.15) is 17.4 Å². The largest absolute Gasteiger partial charge is 0.457 e. The third-order valence-corrected chi connectivity index (χ3v) is 8.14. The van der Waals surface area contributed by atoms with Crippen LogP contribution in [0.25, 0.3) is 0 Å². The first-order valence-corrected chi connectivity index (χ1v) is 12.7. The van der Waals surface area contributed by atoms with E-state index in [2.05, 4.69) is 0 Å². The molecule has 0 aromatic heterocycles. The number of para-hydroxylation sites is 2. The van der Waals surface area contributed by atoms with Gasteiger partial charge in [0, 0.05) is 37.3 Å². The van der Waals surface area contributed by atoms with Gasteiger partial charge in [-0.15, -0.1) is 0 Å². The fraction of sp³-hybridized carbons (Fsp3) is 0.231. The Labute approximate surface area is 203 Å². The molecule has 0 atom stereocenters. The van der Waals surface area contributed by atoms with Gasteiger partial charge in [-0.25, -0.2) is 8.42 Å². The highest BCUT2D eigenvalue weighted by Crippen LogP contribution is 2.44. The van der Waals surface area contributed by atoms with Crippen LogP contribution in [0.4, 0.5) is 0 Å². The van der Waals surface area contributed by atoms with Crippen molar-refractivity contribution in [3.05, 3.63) is 90.0 Å². The summed E-state index contributed by atoms with van der Waals surface area (Å²) in [7, 11) is -3.61. The molecule has 2 aliphatic heterocycles. The van der Waals surface area contributed by atoms with E-state index in [0.29, 0.717) is 22.6 Å². The van der Waals surface area contributed by atoms with Gasteiger partial charge < -0.3 is 14.4 Å². The van der Waals surface area contributed by atoms with Gasteiger partial charge in [-0.1, -0.05) is 54.6 Å². The summed E-state index contributed by atoms with van der Waals surface area (Å²) in [5.41, 5.74) is 1.37. The SMILES string of the molecule is O=C(OCC(=O)N1CCN(S(=O)(=O)c2ccccc2)CC1)C1c2ccccc2Oc2ccccc21. The zero-order valence-corrected chi connectivity index (χ0v) is 19.7. The van der Waals surface area contributed by atoms with Gasteiger partial charge in [0.2, 0.25) is 10.0 Å².